The van der Waals surface area contributed by atoms with Crippen LogP contribution in [0.15, 0.2) is 29.2 Å². The number of nitrogens with zero attached hydrogens (tertiary/aromatic N) is 2. The van der Waals surface area contributed by atoms with Crippen molar-refractivity contribution in [2.75, 3.05) is 13.1 Å². The number of morpholine rings is 1. The molecule has 0 spiro atoms. The average Bonchev–Trinajstić information content (AvgIpc) is 3.38. The van der Waals surface area contributed by atoms with Crippen LogP contribution in [-0.4, -0.2) is 60.9 Å². The van der Waals surface area contributed by atoms with Crippen LogP contribution in [0.1, 0.15) is 50.9 Å². The lowest BCUT2D eigenvalue weighted by atomic mass is 10.1. The van der Waals surface area contributed by atoms with Crippen molar-refractivity contribution in [3.63, 3.8) is 0 Å². The summed E-state index contributed by atoms with van der Waals surface area (Å²) in [5, 5.41) is 0. The molecule has 7 heteroatoms. The highest BCUT2D eigenvalue weighted by atomic mass is 32.2. The standard InChI is InChI=1S/C19H28N2O4S/c1-13(2)21(17-8-9-17)19(22)16-6-5-7-18(10-16)26(23,24)20-11-14(3)25-15(4)12-20/h5-7,10,13-15,17H,8-9,11-12H2,1-4H3. The van der Waals surface area contributed by atoms with Crippen molar-refractivity contribution >= 4 is 15.9 Å². The van der Waals surface area contributed by atoms with Gasteiger partial charge in [-0.2, -0.15) is 4.31 Å². The fourth-order valence-electron chi connectivity index (χ4n) is 3.59. The molecule has 1 aromatic carbocycles. The van der Waals surface area contributed by atoms with Gasteiger partial charge in [0.15, 0.2) is 0 Å². The van der Waals surface area contributed by atoms with Crippen LogP contribution in [0, 0.1) is 0 Å². The summed E-state index contributed by atoms with van der Waals surface area (Å²) in [5.41, 5.74) is 0.432. The first-order valence-corrected chi connectivity index (χ1v) is 10.7. The molecule has 26 heavy (non-hydrogen) atoms. The van der Waals surface area contributed by atoms with Gasteiger partial charge in [-0.1, -0.05) is 6.07 Å². The highest BCUT2D eigenvalue weighted by Gasteiger charge is 2.36. The molecular weight excluding hydrogens is 352 g/mol. The highest BCUT2D eigenvalue weighted by Crippen LogP contribution is 2.30. The van der Waals surface area contributed by atoms with E-state index in [0.717, 1.165) is 12.8 Å². The van der Waals surface area contributed by atoms with Crippen LogP contribution in [0.2, 0.25) is 0 Å². The van der Waals surface area contributed by atoms with E-state index in [1.807, 2.05) is 32.6 Å². The lowest BCUT2D eigenvalue weighted by molar-refractivity contribution is -0.0440. The molecular formula is C19H28N2O4S. The Morgan fingerprint density at radius 1 is 1.19 bits per heavy atom. The Morgan fingerprint density at radius 3 is 2.35 bits per heavy atom. The second-order valence-electron chi connectivity index (χ2n) is 7.64. The van der Waals surface area contributed by atoms with E-state index in [-0.39, 0.29) is 35.1 Å². The zero-order chi connectivity index (χ0) is 19.1. The fourth-order valence-corrected chi connectivity index (χ4v) is 5.23. The minimum Gasteiger partial charge on any atom is -0.373 e. The molecule has 1 aliphatic heterocycles. The van der Waals surface area contributed by atoms with Crippen molar-refractivity contribution in [2.24, 2.45) is 0 Å². The molecule has 0 radical (unpaired) electrons. The smallest absolute Gasteiger partial charge is 0.254 e. The quantitative estimate of drug-likeness (QED) is 0.787. The Kier molecular flexibility index (Phi) is 5.42. The maximum absolute atomic E-state index is 13.0. The van der Waals surface area contributed by atoms with E-state index in [4.69, 9.17) is 4.74 Å². The first-order valence-electron chi connectivity index (χ1n) is 9.28. The van der Waals surface area contributed by atoms with Crippen LogP contribution < -0.4 is 0 Å². The van der Waals surface area contributed by atoms with Gasteiger partial charge in [-0.15, -0.1) is 0 Å². The number of hydrogen-bond acceptors (Lipinski definition) is 4. The Labute approximate surface area is 156 Å². The lowest BCUT2D eigenvalue weighted by Crippen LogP contribution is -2.48. The molecule has 1 saturated heterocycles. The van der Waals surface area contributed by atoms with Crippen molar-refractivity contribution in [3.8, 4) is 0 Å². The van der Waals surface area contributed by atoms with Crippen LogP contribution in [0.4, 0.5) is 0 Å². The van der Waals surface area contributed by atoms with Gasteiger partial charge in [0, 0.05) is 30.7 Å². The molecule has 2 aliphatic rings. The van der Waals surface area contributed by atoms with Crippen LogP contribution in [0.3, 0.4) is 0 Å². The van der Waals surface area contributed by atoms with Crippen molar-refractivity contribution < 1.29 is 17.9 Å². The van der Waals surface area contributed by atoms with Gasteiger partial charge in [-0.3, -0.25) is 4.79 Å². The normalized spacial score (nSPS) is 24.7. The molecule has 0 aromatic heterocycles. The van der Waals surface area contributed by atoms with Gasteiger partial charge in [0.25, 0.3) is 5.91 Å². The number of sulfonamides is 1. The summed E-state index contributed by atoms with van der Waals surface area (Å²) in [6.07, 6.45) is 1.74. The second kappa shape index (κ2) is 7.29. The average molecular weight is 381 g/mol. The molecule has 1 heterocycles. The van der Waals surface area contributed by atoms with Gasteiger partial charge in [-0.05, 0) is 58.7 Å². The zero-order valence-corrected chi connectivity index (χ0v) is 16.7. The third-order valence-electron chi connectivity index (χ3n) is 4.84. The number of benzene rings is 1. The first-order chi connectivity index (χ1) is 12.2. The van der Waals surface area contributed by atoms with Gasteiger partial charge < -0.3 is 9.64 Å². The maximum atomic E-state index is 13.0. The first kappa shape index (κ1) is 19.3. The van der Waals surface area contributed by atoms with E-state index in [0.29, 0.717) is 18.7 Å². The van der Waals surface area contributed by atoms with E-state index in [2.05, 4.69) is 0 Å². The molecule has 2 atom stereocenters. The number of ether oxygens (including phenoxy) is 1. The predicted molar refractivity (Wildman–Crippen MR) is 99.5 cm³/mol. The summed E-state index contributed by atoms with van der Waals surface area (Å²) in [7, 11) is -3.65. The third-order valence-corrected chi connectivity index (χ3v) is 6.66. The Bertz CT molecular complexity index is 761. The van der Waals surface area contributed by atoms with Crippen molar-refractivity contribution in [2.45, 2.75) is 69.7 Å². The Balaban J connectivity index is 1.87. The molecule has 2 fully saturated rings. The Morgan fingerprint density at radius 2 is 1.81 bits per heavy atom. The van der Waals surface area contributed by atoms with E-state index in [1.54, 1.807) is 18.2 Å². The van der Waals surface area contributed by atoms with E-state index in [9.17, 15) is 13.2 Å². The number of carbonyl (C=O) groups is 1. The van der Waals surface area contributed by atoms with Crippen LogP contribution >= 0.6 is 0 Å². The molecule has 2 unspecified atom stereocenters. The molecule has 144 valence electrons. The van der Waals surface area contributed by atoms with E-state index >= 15 is 0 Å². The second-order valence-corrected chi connectivity index (χ2v) is 9.58. The summed E-state index contributed by atoms with van der Waals surface area (Å²) in [4.78, 5) is 15.0. The minimum atomic E-state index is -3.65. The number of hydrogen-bond donors (Lipinski definition) is 0. The van der Waals surface area contributed by atoms with Crippen molar-refractivity contribution in [1.82, 2.24) is 9.21 Å². The minimum absolute atomic E-state index is 0.0937. The number of amides is 1. The fraction of sp³-hybridized carbons (Fsp3) is 0.632. The molecule has 1 aliphatic carbocycles. The highest BCUT2D eigenvalue weighted by molar-refractivity contribution is 7.89. The lowest BCUT2D eigenvalue weighted by Gasteiger charge is -2.34. The molecule has 0 bridgehead atoms. The topological polar surface area (TPSA) is 66.9 Å². The van der Waals surface area contributed by atoms with Crippen molar-refractivity contribution in [1.29, 1.82) is 0 Å². The monoisotopic (exact) mass is 380 g/mol. The summed E-state index contributed by atoms with van der Waals surface area (Å²) >= 11 is 0. The molecule has 1 aromatic rings. The number of carbonyl (C=O) groups excluding carboxylic acids is 1. The molecule has 3 rings (SSSR count). The molecule has 0 N–H and O–H groups in total. The molecule has 6 nitrogen and oxygen atoms in total. The SMILES string of the molecule is CC1CN(S(=O)(=O)c2cccc(C(=O)N(C(C)C)C3CC3)c2)CC(C)O1. The summed E-state index contributed by atoms with van der Waals surface area (Å²) in [6.45, 7) is 8.37. The molecule has 1 amide bonds. The van der Waals surface area contributed by atoms with Gasteiger partial charge in [0.1, 0.15) is 0 Å². The van der Waals surface area contributed by atoms with Gasteiger partial charge in [0.2, 0.25) is 10.0 Å². The van der Waals surface area contributed by atoms with Gasteiger partial charge in [0.05, 0.1) is 17.1 Å². The van der Waals surface area contributed by atoms with Gasteiger partial charge in [-0.25, -0.2) is 8.42 Å². The summed E-state index contributed by atoms with van der Waals surface area (Å²) < 4.78 is 33.2. The third kappa shape index (κ3) is 3.94. The van der Waals surface area contributed by atoms with Crippen LogP contribution in [-0.2, 0) is 14.8 Å². The van der Waals surface area contributed by atoms with Gasteiger partial charge >= 0.3 is 0 Å². The predicted octanol–water partition coefficient (Wildman–Crippen LogP) is 2.50. The number of rotatable bonds is 5. The molecule has 1 saturated carbocycles. The van der Waals surface area contributed by atoms with Crippen LogP contribution in [0.5, 0.6) is 0 Å². The summed E-state index contributed by atoms with van der Waals surface area (Å²) in [6, 6.07) is 6.80. The Hall–Kier alpha value is -1.44. The zero-order valence-electron chi connectivity index (χ0n) is 15.9. The summed E-state index contributed by atoms with van der Waals surface area (Å²) in [5.74, 6) is -0.0942. The largest absolute Gasteiger partial charge is 0.373 e. The van der Waals surface area contributed by atoms with E-state index < -0.39 is 10.0 Å². The maximum Gasteiger partial charge on any atom is 0.254 e. The van der Waals surface area contributed by atoms with E-state index in [1.165, 1.54) is 10.4 Å². The van der Waals surface area contributed by atoms with Crippen molar-refractivity contribution in [3.05, 3.63) is 29.8 Å². The van der Waals surface area contributed by atoms with Crippen LogP contribution in [0.25, 0.3) is 0 Å².